The summed E-state index contributed by atoms with van der Waals surface area (Å²) in [5.41, 5.74) is 1.05. The molecule has 0 saturated heterocycles. The molecular formula is C15H21ClN2O. The van der Waals surface area contributed by atoms with Crippen molar-refractivity contribution in [1.82, 2.24) is 10.6 Å². The van der Waals surface area contributed by atoms with Crippen LogP contribution in [0, 0.1) is 5.92 Å². The van der Waals surface area contributed by atoms with Crippen LogP contribution in [0.25, 0.3) is 0 Å². The summed E-state index contributed by atoms with van der Waals surface area (Å²) in [7, 11) is 0. The zero-order chi connectivity index (χ0) is 13.8. The Kier molecular flexibility index (Phi) is 4.70. The standard InChI is InChI=1S/C15H21ClN2O/c1-3-14(12-5-4-6-13(16)9-12)18-15(19)17-10(2)11-7-8-11/h4-6,9-11,14H,3,7-8H2,1-2H3,(H2,17,18,19). The third-order valence-electron chi connectivity index (χ3n) is 3.65. The Labute approximate surface area is 119 Å². The van der Waals surface area contributed by atoms with Gasteiger partial charge in [-0.3, -0.25) is 0 Å². The highest BCUT2D eigenvalue weighted by molar-refractivity contribution is 6.30. The predicted molar refractivity (Wildman–Crippen MR) is 78.3 cm³/mol. The van der Waals surface area contributed by atoms with Crippen LogP contribution in [-0.2, 0) is 0 Å². The monoisotopic (exact) mass is 280 g/mol. The van der Waals surface area contributed by atoms with E-state index in [2.05, 4.69) is 24.5 Å². The Balaban J connectivity index is 1.92. The highest BCUT2D eigenvalue weighted by Crippen LogP contribution is 2.32. The van der Waals surface area contributed by atoms with Crippen LogP contribution in [0.3, 0.4) is 0 Å². The van der Waals surface area contributed by atoms with E-state index in [0.717, 1.165) is 12.0 Å². The van der Waals surface area contributed by atoms with Crippen molar-refractivity contribution in [3.63, 3.8) is 0 Å². The fourth-order valence-corrected chi connectivity index (χ4v) is 2.46. The smallest absolute Gasteiger partial charge is 0.315 e. The van der Waals surface area contributed by atoms with Gasteiger partial charge in [-0.25, -0.2) is 4.79 Å². The van der Waals surface area contributed by atoms with Gasteiger partial charge in [0.05, 0.1) is 6.04 Å². The van der Waals surface area contributed by atoms with Crippen LogP contribution in [0.5, 0.6) is 0 Å². The second-order valence-corrected chi connectivity index (χ2v) is 5.70. The number of carbonyl (C=O) groups is 1. The van der Waals surface area contributed by atoms with E-state index < -0.39 is 0 Å². The molecule has 1 aliphatic carbocycles. The lowest BCUT2D eigenvalue weighted by molar-refractivity contribution is 0.232. The quantitative estimate of drug-likeness (QED) is 0.844. The first-order chi connectivity index (χ1) is 9.10. The molecule has 0 spiro atoms. The lowest BCUT2D eigenvalue weighted by Crippen LogP contribution is -2.43. The van der Waals surface area contributed by atoms with E-state index in [1.54, 1.807) is 0 Å². The maximum Gasteiger partial charge on any atom is 0.315 e. The number of urea groups is 1. The van der Waals surface area contributed by atoms with E-state index in [-0.39, 0.29) is 18.1 Å². The number of rotatable bonds is 5. The van der Waals surface area contributed by atoms with Crippen LogP contribution < -0.4 is 10.6 Å². The Morgan fingerprint density at radius 2 is 2.16 bits per heavy atom. The summed E-state index contributed by atoms with van der Waals surface area (Å²) >= 11 is 5.99. The molecule has 2 rings (SSSR count). The van der Waals surface area contributed by atoms with Crippen molar-refractivity contribution < 1.29 is 4.79 Å². The van der Waals surface area contributed by atoms with Gasteiger partial charge in [0.15, 0.2) is 0 Å². The van der Waals surface area contributed by atoms with Crippen molar-refractivity contribution >= 4 is 17.6 Å². The summed E-state index contributed by atoms with van der Waals surface area (Å²) in [5, 5.41) is 6.72. The molecule has 0 radical (unpaired) electrons. The molecule has 104 valence electrons. The molecule has 1 aromatic rings. The van der Waals surface area contributed by atoms with E-state index in [4.69, 9.17) is 11.6 Å². The normalized spacial score (nSPS) is 17.6. The first-order valence-corrected chi connectivity index (χ1v) is 7.30. The average molecular weight is 281 g/mol. The van der Waals surface area contributed by atoms with Gasteiger partial charge < -0.3 is 10.6 Å². The van der Waals surface area contributed by atoms with Gasteiger partial charge in [0, 0.05) is 11.1 Å². The lowest BCUT2D eigenvalue weighted by Gasteiger charge is -2.20. The van der Waals surface area contributed by atoms with Crippen molar-refractivity contribution in [2.45, 2.75) is 45.2 Å². The number of benzene rings is 1. The number of hydrogen-bond donors (Lipinski definition) is 2. The maximum absolute atomic E-state index is 12.0. The molecule has 0 aliphatic heterocycles. The summed E-state index contributed by atoms with van der Waals surface area (Å²) in [4.78, 5) is 12.0. The minimum atomic E-state index is -0.0915. The SMILES string of the molecule is CCC(NC(=O)NC(C)C1CC1)c1cccc(Cl)c1. The Morgan fingerprint density at radius 3 is 2.74 bits per heavy atom. The molecule has 0 bridgehead atoms. The van der Waals surface area contributed by atoms with E-state index in [9.17, 15) is 4.79 Å². The lowest BCUT2D eigenvalue weighted by atomic mass is 10.1. The van der Waals surface area contributed by atoms with Gasteiger partial charge in [0.2, 0.25) is 0 Å². The second-order valence-electron chi connectivity index (χ2n) is 5.26. The van der Waals surface area contributed by atoms with E-state index in [0.29, 0.717) is 10.9 Å². The highest BCUT2D eigenvalue weighted by Gasteiger charge is 2.29. The van der Waals surface area contributed by atoms with E-state index in [1.807, 2.05) is 24.3 Å². The molecule has 0 heterocycles. The third-order valence-corrected chi connectivity index (χ3v) is 3.89. The Morgan fingerprint density at radius 1 is 1.42 bits per heavy atom. The number of nitrogens with one attached hydrogen (secondary N) is 2. The van der Waals surface area contributed by atoms with Gasteiger partial charge in [-0.15, -0.1) is 0 Å². The molecular weight excluding hydrogens is 260 g/mol. The molecule has 1 saturated carbocycles. The molecule has 0 aromatic heterocycles. The molecule has 2 amide bonds. The average Bonchev–Trinajstić information content (AvgIpc) is 3.20. The summed E-state index contributed by atoms with van der Waals surface area (Å²) in [6.07, 6.45) is 3.30. The number of halogens is 1. The molecule has 2 atom stereocenters. The molecule has 2 N–H and O–H groups in total. The van der Waals surface area contributed by atoms with Crippen LogP contribution in [0.2, 0.25) is 5.02 Å². The molecule has 19 heavy (non-hydrogen) atoms. The number of carbonyl (C=O) groups excluding carboxylic acids is 1. The number of amides is 2. The van der Waals surface area contributed by atoms with Crippen LogP contribution in [-0.4, -0.2) is 12.1 Å². The van der Waals surface area contributed by atoms with Crippen molar-refractivity contribution in [1.29, 1.82) is 0 Å². The first kappa shape index (κ1) is 14.2. The molecule has 4 heteroatoms. The van der Waals surface area contributed by atoms with Crippen molar-refractivity contribution in [2.24, 2.45) is 5.92 Å². The van der Waals surface area contributed by atoms with Gasteiger partial charge in [0.1, 0.15) is 0 Å². The van der Waals surface area contributed by atoms with Gasteiger partial charge in [-0.05, 0) is 49.8 Å². The summed E-state index contributed by atoms with van der Waals surface area (Å²) in [5.74, 6) is 0.664. The number of hydrogen-bond acceptors (Lipinski definition) is 1. The van der Waals surface area contributed by atoms with Crippen molar-refractivity contribution in [3.8, 4) is 0 Å². The highest BCUT2D eigenvalue weighted by atomic mass is 35.5. The fraction of sp³-hybridized carbons (Fsp3) is 0.533. The topological polar surface area (TPSA) is 41.1 Å². The summed E-state index contributed by atoms with van der Waals surface area (Å²) < 4.78 is 0. The minimum Gasteiger partial charge on any atom is -0.335 e. The Hall–Kier alpha value is -1.22. The third kappa shape index (κ3) is 4.13. The molecule has 2 unspecified atom stereocenters. The van der Waals surface area contributed by atoms with Gasteiger partial charge in [-0.2, -0.15) is 0 Å². The Bertz CT molecular complexity index is 446. The van der Waals surface area contributed by atoms with Crippen molar-refractivity contribution in [2.75, 3.05) is 0 Å². The van der Waals surface area contributed by atoms with Crippen LogP contribution in [0.4, 0.5) is 4.79 Å². The minimum absolute atomic E-state index is 0.00473. The van der Waals surface area contributed by atoms with Crippen LogP contribution >= 0.6 is 11.6 Å². The molecule has 1 aromatic carbocycles. The second kappa shape index (κ2) is 6.29. The van der Waals surface area contributed by atoms with Crippen LogP contribution in [0.15, 0.2) is 24.3 Å². The predicted octanol–water partition coefficient (Wildman–Crippen LogP) is 3.89. The largest absolute Gasteiger partial charge is 0.335 e. The van der Waals surface area contributed by atoms with Crippen molar-refractivity contribution in [3.05, 3.63) is 34.9 Å². The van der Waals surface area contributed by atoms with E-state index >= 15 is 0 Å². The summed E-state index contributed by atoms with van der Waals surface area (Å²) in [6.45, 7) is 4.12. The molecule has 1 aliphatic rings. The van der Waals surface area contributed by atoms with Gasteiger partial charge in [0.25, 0.3) is 0 Å². The first-order valence-electron chi connectivity index (χ1n) is 6.92. The maximum atomic E-state index is 12.0. The van der Waals surface area contributed by atoms with Gasteiger partial charge in [-0.1, -0.05) is 30.7 Å². The molecule has 3 nitrogen and oxygen atoms in total. The zero-order valence-electron chi connectivity index (χ0n) is 11.4. The van der Waals surface area contributed by atoms with E-state index in [1.165, 1.54) is 12.8 Å². The van der Waals surface area contributed by atoms with Gasteiger partial charge >= 0.3 is 6.03 Å². The van der Waals surface area contributed by atoms with Crippen LogP contribution in [0.1, 0.15) is 44.7 Å². The summed E-state index contributed by atoms with van der Waals surface area (Å²) in [6, 6.07) is 7.82. The zero-order valence-corrected chi connectivity index (χ0v) is 12.2. The fourth-order valence-electron chi connectivity index (χ4n) is 2.27. The molecule has 1 fully saturated rings.